The Kier molecular flexibility index (Phi) is 3120. The smallest absolute Gasteiger partial charge is 0.358 e. The van der Waals surface area contributed by atoms with Crippen LogP contribution in [0.25, 0.3) is 0 Å². The zero-order chi connectivity index (χ0) is 0. The van der Waals surface area contributed by atoms with Gasteiger partial charge in [-0.1, -0.05) is 0 Å². The van der Waals surface area contributed by atoms with Gasteiger partial charge in [0, 0.05) is 515 Å². The molecule has 0 nitrogen and oxygen atoms in total. The average Bonchev–Trinajstić information content (AvgIpc) is 0. The van der Waals surface area contributed by atoms with Gasteiger partial charge in [-0.2, -0.15) is 0 Å². The van der Waals surface area contributed by atoms with Crippen LogP contribution >= 0.6 is 0 Å². The molecule has 0 bridgehead atoms. The van der Waals surface area contributed by atoms with E-state index in [-0.39, 0.29) is 603 Å². The Morgan fingerprint density at radius 2 is 0.207 bits per heavy atom. The summed E-state index contributed by atoms with van der Waals surface area (Å²) in [6, 6.07) is 0. The summed E-state index contributed by atoms with van der Waals surface area (Å²) in [5.74, 6) is 0. The van der Waals surface area contributed by atoms with E-state index in [9.17, 15) is 0 Å². The largest absolute Gasteiger partial charge is 2.00 e. The fourth-order valence-corrected chi connectivity index (χ4v) is 0. The molecule has 0 aliphatic rings. The summed E-state index contributed by atoms with van der Waals surface area (Å²) < 4.78 is 0. The zero-order valence-corrected chi connectivity index (χ0v) is 61.8. The van der Waals surface area contributed by atoms with Gasteiger partial charge >= 0.3 is 21.1 Å². The van der Waals surface area contributed by atoms with E-state index >= 15 is 0 Å². The van der Waals surface area contributed by atoms with Gasteiger partial charge in [0.2, 0.25) is 0 Å². The maximum absolute atomic E-state index is 0. The molecule has 2 radical (unpaired) electrons. The Bertz CT molecular complexity index is 59.6. The molecule has 29 heavy (non-hydrogen) atoms. The zero-order valence-electron chi connectivity index (χ0n) is 17.1. The van der Waals surface area contributed by atoms with Crippen LogP contribution in [0.5, 0.6) is 0 Å². The van der Waals surface area contributed by atoms with Crippen molar-refractivity contribution >= 4 is 0 Å². The first-order chi connectivity index (χ1) is 0. The minimum absolute atomic E-state index is 0. The van der Waals surface area contributed by atoms with E-state index in [2.05, 4.69) is 0 Å². The molecule has 0 saturated carbocycles. The van der Waals surface area contributed by atoms with E-state index in [4.69, 9.17) is 0 Å². The van der Waals surface area contributed by atoms with Gasteiger partial charge in [0.25, 0.3) is 0 Å². The first-order valence-electron chi connectivity index (χ1n) is 0. The van der Waals surface area contributed by atoms with Crippen LogP contribution in [-0.4, -0.2) is 0 Å². The Morgan fingerprint density at radius 1 is 0.207 bits per heavy atom. The molecular formula is C9H27Ar6U2V2W10-7. The molecule has 0 aliphatic heterocycles. The van der Waals surface area contributed by atoms with Crippen molar-refractivity contribution in [3.8, 4) is 0 Å². The van der Waals surface area contributed by atoms with Crippen molar-refractivity contribution in [1.29, 1.82) is 0 Å². The summed E-state index contributed by atoms with van der Waals surface area (Å²) in [5, 5.41) is 0. The molecule has 0 atom stereocenters. The monoisotopic (exact) mass is 2790 g/mol. The van der Waals surface area contributed by atoms with Gasteiger partial charge in [0.15, 0.2) is 0 Å². The minimum Gasteiger partial charge on any atom is -0.358 e. The van der Waals surface area contributed by atoms with Gasteiger partial charge < -0.3 is 66.8 Å². The predicted molar refractivity (Wildman–Crippen MR) is 57.7 cm³/mol. The van der Waals surface area contributed by atoms with Crippen molar-refractivity contribution < 1.29 is 536 Å². The van der Waals surface area contributed by atoms with Gasteiger partial charge in [-0.05, 0) is 0 Å². The molecule has 0 aromatic heterocycles. The minimum atomic E-state index is 0. The molecule has 0 heterocycles. The van der Waals surface area contributed by atoms with E-state index in [0.29, 0.717) is 0 Å². The standard InChI is InChI=1S/9CH3.6Ar.2U.2V.10W/h9*1H3;;;;;;;;;;;;;;;;;;;;/q9*-1;;;;;;;;;;;;;;;;;;;;+2. The number of rotatable bonds is 0. The summed E-state index contributed by atoms with van der Waals surface area (Å²) in [6.07, 6.45) is 0. The molecular weight excluding hydrogens is 2760 g/mol. The van der Waals surface area contributed by atoms with Gasteiger partial charge in [-0.15, -0.1) is 0 Å². The molecule has 0 amide bonds. The Hall–Kier alpha value is 17.7. The van der Waals surface area contributed by atoms with Crippen LogP contribution in [0, 0.1) is 355 Å². The van der Waals surface area contributed by atoms with Crippen LogP contribution in [0.4, 0.5) is 0 Å². The van der Waals surface area contributed by atoms with Crippen LogP contribution in [0.15, 0.2) is 0 Å². The normalized spacial score (nSPS) is 0. The van der Waals surface area contributed by atoms with Crippen LogP contribution in [0.1, 0.15) is 0 Å². The Balaban J connectivity index is 0. The fourth-order valence-electron chi connectivity index (χ4n) is 0. The van der Waals surface area contributed by atoms with Crippen LogP contribution in [-0.2, 0) is 248 Å². The predicted octanol–water partition coefficient (Wildman–Crippen LogP) is 4.02. The van der Waals surface area contributed by atoms with E-state index in [0.717, 1.165) is 0 Å². The van der Waals surface area contributed by atoms with Gasteiger partial charge in [0.05, 0.1) is 0 Å². The molecule has 0 fully saturated rings. The Labute approximate surface area is 584 Å². The summed E-state index contributed by atoms with van der Waals surface area (Å²) in [5.41, 5.74) is 0. The van der Waals surface area contributed by atoms with Crippen molar-refractivity contribution in [3.63, 3.8) is 0 Å². The molecule has 20 heteroatoms. The first-order valence-corrected chi connectivity index (χ1v) is 0. The second-order valence-corrected chi connectivity index (χ2v) is 0. The third kappa shape index (κ3) is 278. The average molecular weight is 2790 g/mol. The van der Waals surface area contributed by atoms with E-state index in [1.165, 1.54) is 0 Å². The second kappa shape index (κ2) is 291. The van der Waals surface area contributed by atoms with Crippen LogP contribution in [0.3, 0.4) is 0 Å². The summed E-state index contributed by atoms with van der Waals surface area (Å²) in [6.45, 7) is 0. The Morgan fingerprint density at radius 3 is 0.207 bits per heavy atom. The number of hydrogen-bond acceptors (Lipinski definition) is 0. The second-order valence-electron chi connectivity index (χ2n) is 0. The topological polar surface area (TPSA) is 0 Å². The van der Waals surface area contributed by atoms with Crippen molar-refractivity contribution in [2.75, 3.05) is 0 Å². The van der Waals surface area contributed by atoms with Crippen molar-refractivity contribution in [3.05, 3.63) is 66.8 Å². The third-order valence-electron chi connectivity index (χ3n) is 0. The first kappa shape index (κ1) is 311. The van der Waals surface area contributed by atoms with E-state index in [1.54, 1.807) is 0 Å². The molecule has 0 spiro atoms. The maximum atomic E-state index is 0. The van der Waals surface area contributed by atoms with Gasteiger partial charge in [-0.3, -0.25) is 0 Å². The molecule has 0 aliphatic carbocycles. The quantitative estimate of drug-likeness (QED) is 0.322. The van der Waals surface area contributed by atoms with Crippen molar-refractivity contribution in [2.45, 2.75) is 0 Å². The molecule has 0 aromatic rings. The molecule has 0 saturated heterocycles. The molecule has 0 aromatic carbocycles. The molecule has 0 unspecified atom stereocenters. The maximum Gasteiger partial charge on any atom is 2.00 e. The van der Waals surface area contributed by atoms with E-state index < -0.39 is 0 Å². The SMILES string of the molecule is [Ar].[Ar].[Ar].[Ar].[Ar].[Ar].[CH3-].[CH3-].[CH3-].[CH3-].[CH3-].[CH3-].[CH3-].[CH3-].[CH3-].[U].[U].[V].[V].[W+2].[W].[W].[W].[W].[W].[W].[W].[W].[W]. The fraction of sp³-hybridized carbons (Fsp3) is 0. The molecule has 0 rings (SSSR count). The molecule has 196 valence electrons. The van der Waals surface area contributed by atoms with Gasteiger partial charge in [-0.25, -0.2) is 0 Å². The van der Waals surface area contributed by atoms with Crippen molar-refractivity contribution in [2.24, 2.45) is 0 Å². The van der Waals surface area contributed by atoms with Crippen LogP contribution < -0.4 is 0 Å². The summed E-state index contributed by atoms with van der Waals surface area (Å²) >= 11 is 0. The van der Waals surface area contributed by atoms with E-state index in [1.807, 2.05) is 0 Å². The third-order valence-corrected chi connectivity index (χ3v) is 0. The number of hydrogen-bond donors (Lipinski definition) is 0. The van der Waals surface area contributed by atoms with Crippen molar-refractivity contribution in [1.82, 2.24) is 0 Å². The summed E-state index contributed by atoms with van der Waals surface area (Å²) in [7, 11) is 0. The van der Waals surface area contributed by atoms with Crippen LogP contribution in [0.2, 0.25) is 0 Å². The summed E-state index contributed by atoms with van der Waals surface area (Å²) in [4.78, 5) is 0. The molecule has 0 N–H and O–H groups in total. The van der Waals surface area contributed by atoms with Gasteiger partial charge in [0.1, 0.15) is 0 Å².